The summed E-state index contributed by atoms with van der Waals surface area (Å²) in [5.41, 5.74) is 7.34. The molecule has 0 aliphatic heterocycles. The van der Waals surface area contributed by atoms with Gasteiger partial charge in [0, 0.05) is 11.4 Å². The third kappa shape index (κ3) is 5.59. The van der Waals surface area contributed by atoms with Crippen LogP contribution >= 0.6 is 11.8 Å². The number of ether oxygens (including phenoxy) is 1. The van der Waals surface area contributed by atoms with E-state index in [1.807, 2.05) is 37.3 Å². The van der Waals surface area contributed by atoms with Gasteiger partial charge in [-0.25, -0.2) is 0 Å². The summed E-state index contributed by atoms with van der Waals surface area (Å²) in [6, 6.07) is 18.8. The van der Waals surface area contributed by atoms with Crippen LogP contribution in [0.3, 0.4) is 0 Å². The lowest BCUT2D eigenvalue weighted by Crippen LogP contribution is -2.09. The SMILES string of the molecule is CC(SCCOc1ccc(C#N)cc1)c1nc(N)nc(Nc2ccccc2)n1. The first kappa shape index (κ1) is 19.5. The number of nitriles is 1. The average molecular weight is 392 g/mol. The number of anilines is 3. The summed E-state index contributed by atoms with van der Waals surface area (Å²) < 4.78 is 5.70. The van der Waals surface area contributed by atoms with Gasteiger partial charge in [-0.05, 0) is 43.3 Å². The molecule has 0 bridgehead atoms. The Hall–Kier alpha value is -3.31. The van der Waals surface area contributed by atoms with Crippen LogP contribution < -0.4 is 15.8 Å². The normalized spacial score (nSPS) is 11.4. The fourth-order valence-corrected chi connectivity index (χ4v) is 3.17. The van der Waals surface area contributed by atoms with Crippen molar-refractivity contribution in [3.05, 3.63) is 66.0 Å². The third-order valence-corrected chi connectivity index (χ3v) is 4.88. The van der Waals surface area contributed by atoms with Crippen LogP contribution in [0.25, 0.3) is 0 Å². The van der Waals surface area contributed by atoms with Crippen molar-refractivity contribution in [1.82, 2.24) is 15.0 Å². The summed E-state index contributed by atoms with van der Waals surface area (Å²) in [5.74, 6) is 2.73. The Kier molecular flexibility index (Phi) is 6.65. The second kappa shape index (κ2) is 9.58. The lowest BCUT2D eigenvalue weighted by molar-refractivity contribution is 0.344. The van der Waals surface area contributed by atoms with Crippen LogP contribution in [0.4, 0.5) is 17.6 Å². The number of thioether (sulfide) groups is 1. The molecule has 0 amide bonds. The van der Waals surface area contributed by atoms with Gasteiger partial charge in [0.1, 0.15) is 11.6 Å². The summed E-state index contributed by atoms with van der Waals surface area (Å²) in [4.78, 5) is 12.9. The predicted molar refractivity (Wildman–Crippen MR) is 111 cm³/mol. The molecule has 0 saturated carbocycles. The number of nitrogens with zero attached hydrogens (tertiary/aromatic N) is 4. The van der Waals surface area contributed by atoms with E-state index in [1.165, 1.54) is 0 Å². The molecule has 3 N–H and O–H groups in total. The molecule has 28 heavy (non-hydrogen) atoms. The van der Waals surface area contributed by atoms with Gasteiger partial charge >= 0.3 is 0 Å². The van der Waals surface area contributed by atoms with E-state index in [0.717, 1.165) is 17.2 Å². The largest absolute Gasteiger partial charge is 0.493 e. The van der Waals surface area contributed by atoms with Gasteiger partial charge in [-0.15, -0.1) is 11.8 Å². The maximum atomic E-state index is 8.81. The number of nitrogens with two attached hydrogens (primary N) is 1. The molecule has 0 radical (unpaired) electrons. The monoisotopic (exact) mass is 392 g/mol. The minimum atomic E-state index is 0.0335. The third-order valence-electron chi connectivity index (χ3n) is 3.77. The molecular weight excluding hydrogens is 372 g/mol. The van der Waals surface area contributed by atoms with Crippen LogP contribution in [0.2, 0.25) is 0 Å². The fourth-order valence-electron chi connectivity index (χ4n) is 2.38. The summed E-state index contributed by atoms with van der Waals surface area (Å²) >= 11 is 1.67. The fraction of sp³-hybridized carbons (Fsp3) is 0.200. The predicted octanol–water partition coefficient (Wildman–Crippen LogP) is 3.94. The Bertz CT molecular complexity index is 943. The topological polar surface area (TPSA) is 110 Å². The molecular formula is C20H20N6OS. The number of nitrogens with one attached hydrogen (secondary N) is 1. The molecule has 1 unspecified atom stereocenters. The first-order valence-corrected chi connectivity index (χ1v) is 9.77. The highest BCUT2D eigenvalue weighted by atomic mass is 32.2. The zero-order valence-corrected chi connectivity index (χ0v) is 16.2. The summed E-state index contributed by atoms with van der Waals surface area (Å²) in [5, 5.41) is 12.0. The van der Waals surface area contributed by atoms with Crippen LogP contribution in [-0.2, 0) is 0 Å². The zero-order chi connectivity index (χ0) is 19.8. The summed E-state index contributed by atoms with van der Waals surface area (Å²) in [6.07, 6.45) is 0. The molecule has 0 spiro atoms. The standard InChI is InChI=1S/C20H20N6OS/c1-14(28-12-11-27-17-9-7-15(13-21)8-10-17)18-24-19(22)26-20(25-18)23-16-5-3-2-4-6-16/h2-10,14H,11-12H2,1H3,(H3,22,23,24,25,26). The second-order valence-electron chi connectivity index (χ2n) is 5.86. The molecule has 1 aromatic heterocycles. The smallest absolute Gasteiger partial charge is 0.232 e. The van der Waals surface area contributed by atoms with Crippen molar-refractivity contribution < 1.29 is 4.74 Å². The number of para-hydroxylation sites is 1. The molecule has 3 rings (SSSR count). The molecule has 142 valence electrons. The molecule has 8 heteroatoms. The molecule has 0 aliphatic rings. The van der Waals surface area contributed by atoms with Crippen molar-refractivity contribution in [2.45, 2.75) is 12.2 Å². The zero-order valence-electron chi connectivity index (χ0n) is 15.4. The van der Waals surface area contributed by atoms with Gasteiger partial charge in [0.25, 0.3) is 0 Å². The van der Waals surface area contributed by atoms with Crippen LogP contribution in [0.1, 0.15) is 23.6 Å². The van der Waals surface area contributed by atoms with Gasteiger partial charge in [-0.1, -0.05) is 18.2 Å². The highest BCUT2D eigenvalue weighted by Crippen LogP contribution is 2.27. The van der Waals surface area contributed by atoms with E-state index in [2.05, 4.69) is 26.3 Å². The number of benzene rings is 2. The Morgan fingerprint density at radius 2 is 1.86 bits per heavy atom. The first-order valence-electron chi connectivity index (χ1n) is 8.72. The second-order valence-corrected chi connectivity index (χ2v) is 7.31. The first-order chi connectivity index (χ1) is 13.6. The van der Waals surface area contributed by atoms with Crippen molar-refractivity contribution in [1.29, 1.82) is 5.26 Å². The molecule has 0 aliphatic carbocycles. The van der Waals surface area contributed by atoms with E-state index in [1.54, 1.807) is 36.0 Å². The van der Waals surface area contributed by atoms with Crippen molar-refractivity contribution in [3.8, 4) is 11.8 Å². The van der Waals surface area contributed by atoms with Crippen molar-refractivity contribution in [2.24, 2.45) is 0 Å². The Morgan fingerprint density at radius 1 is 1.11 bits per heavy atom. The number of nitrogen functional groups attached to an aromatic ring is 1. The molecule has 7 nitrogen and oxygen atoms in total. The van der Waals surface area contributed by atoms with Gasteiger partial charge < -0.3 is 15.8 Å². The molecule has 3 aromatic rings. The Labute approximate surface area is 168 Å². The van der Waals surface area contributed by atoms with Crippen LogP contribution in [0.5, 0.6) is 5.75 Å². The Morgan fingerprint density at radius 3 is 2.57 bits per heavy atom. The van der Waals surface area contributed by atoms with E-state index in [-0.39, 0.29) is 11.2 Å². The van der Waals surface area contributed by atoms with E-state index in [4.69, 9.17) is 15.7 Å². The maximum Gasteiger partial charge on any atom is 0.232 e. The van der Waals surface area contributed by atoms with Gasteiger partial charge in [0.05, 0.1) is 23.5 Å². The van der Waals surface area contributed by atoms with Crippen LogP contribution in [0, 0.1) is 11.3 Å². The van der Waals surface area contributed by atoms with Gasteiger partial charge in [-0.3, -0.25) is 0 Å². The van der Waals surface area contributed by atoms with Crippen molar-refractivity contribution in [3.63, 3.8) is 0 Å². The van der Waals surface area contributed by atoms with Crippen LogP contribution in [0.15, 0.2) is 54.6 Å². The highest BCUT2D eigenvalue weighted by molar-refractivity contribution is 7.99. The van der Waals surface area contributed by atoms with E-state index >= 15 is 0 Å². The molecule has 1 atom stereocenters. The minimum Gasteiger partial charge on any atom is -0.493 e. The average Bonchev–Trinajstić information content (AvgIpc) is 2.72. The Balaban J connectivity index is 1.53. The van der Waals surface area contributed by atoms with Crippen LogP contribution in [-0.4, -0.2) is 27.3 Å². The highest BCUT2D eigenvalue weighted by Gasteiger charge is 2.13. The van der Waals surface area contributed by atoms with Crippen molar-refractivity contribution >= 4 is 29.3 Å². The molecule has 2 aromatic carbocycles. The van der Waals surface area contributed by atoms with Gasteiger partial charge in [0.2, 0.25) is 11.9 Å². The molecule has 0 fully saturated rings. The quantitative estimate of drug-likeness (QED) is 0.555. The van der Waals surface area contributed by atoms with Gasteiger partial charge in [0.15, 0.2) is 0 Å². The lowest BCUT2D eigenvalue weighted by atomic mass is 10.2. The van der Waals surface area contributed by atoms with E-state index < -0.39 is 0 Å². The number of hydrogen-bond acceptors (Lipinski definition) is 8. The number of hydrogen-bond donors (Lipinski definition) is 2. The minimum absolute atomic E-state index is 0.0335. The molecule has 1 heterocycles. The van der Waals surface area contributed by atoms with E-state index in [9.17, 15) is 0 Å². The number of rotatable bonds is 8. The van der Waals surface area contributed by atoms with E-state index in [0.29, 0.717) is 23.9 Å². The summed E-state index contributed by atoms with van der Waals surface area (Å²) in [6.45, 7) is 2.56. The number of aromatic nitrogens is 3. The molecule has 0 saturated heterocycles. The maximum absolute atomic E-state index is 8.81. The van der Waals surface area contributed by atoms with Crippen molar-refractivity contribution in [2.75, 3.05) is 23.4 Å². The van der Waals surface area contributed by atoms with Gasteiger partial charge in [-0.2, -0.15) is 20.2 Å². The lowest BCUT2D eigenvalue weighted by Gasteiger charge is -2.13. The summed E-state index contributed by atoms with van der Waals surface area (Å²) in [7, 11) is 0.